The zero-order chi connectivity index (χ0) is 12.5. The number of halogens is 1. The van der Waals surface area contributed by atoms with E-state index in [0.717, 1.165) is 42.3 Å². The molecule has 0 unspecified atom stereocenters. The second kappa shape index (κ2) is 4.58. The van der Waals surface area contributed by atoms with Gasteiger partial charge in [-0.3, -0.25) is 0 Å². The van der Waals surface area contributed by atoms with E-state index < -0.39 is 0 Å². The van der Waals surface area contributed by atoms with Crippen molar-refractivity contribution < 1.29 is 4.74 Å². The van der Waals surface area contributed by atoms with Crippen molar-refractivity contribution in [3.63, 3.8) is 0 Å². The van der Waals surface area contributed by atoms with Gasteiger partial charge in [0.1, 0.15) is 16.7 Å². The van der Waals surface area contributed by atoms with E-state index in [1.165, 1.54) is 5.56 Å². The Morgan fingerprint density at radius 1 is 1.33 bits per heavy atom. The molecule has 1 aliphatic heterocycles. The number of benzene rings is 1. The summed E-state index contributed by atoms with van der Waals surface area (Å²) in [7, 11) is 0. The molecule has 0 aliphatic carbocycles. The van der Waals surface area contributed by atoms with Crippen LogP contribution in [0.3, 0.4) is 0 Å². The molecule has 1 aromatic carbocycles. The molecule has 0 atom stereocenters. The first-order valence-corrected chi connectivity index (χ1v) is 6.44. The Balaban J connectivity index is 2.15. The lowest BCUT2D eigenvalue weighted by molar-refractivity contribution is 0.358. The maximum atomic E-state index is 6.04. The molecule has 18 heavy (non-hydrogen) atoms. The van der Waals surface area contributed by atoms with Crippen molar-refractivity contribution in [1.82, 2.24) is 9.97 Å². The van der Waals surface area contributed by atoms with Crippen LogP contribution in [0.15, 0.2) is 24.3 Å². The van der Waals surface area contributed by atoms with Gasteiger partial charge in [0.2, 0.25) is 0 Å². The van der Waals surface area contributed by atoms with E-state index in [1.54, 1.807) is 6.07 Å². The second-order valence-electron chi connectivity index (χ2n) is 4.24. The van der Waals surface area contributed by atoms with Crippen molar-refractivity contribution in [1.29, 1.82) is 0 Å². The van der Waals surface area contributed by atoms with Crippen LogP contribution in [0.2, 0.25) is 5.15 Å². The Hall–Kier alpha value is -1.61. The smallest absolute Gasteiger partial charge is 0.133 e. The normalized spacial score (nSPS) is 13.2. The molecule has 0 fully saturated rings. The van der Waals surface area contributed by atoms with Gasteiger partial charge in [0.25, 0.3) is 0 Å². The highest BCUT2D eigenvalue weighted by atomic mass is 35.5. The van der Waals surface area contributed by atoms with Gasteiger partial charge in [0.05, 0.1) is 12.3 Å². The summed E-state index contributed by atoms with van der Waals surface area (Å²) in [4.78, 5) is 8.71. The zero-order valence-corrected chi connectivity index (χ0v) is 10.9. The van der Waals surface area contributed by atoms with Crippen LogP contribution in [-0.2, 0) is 12.8 Å². The molecule has 2 heterocycles. The molecule has 2 aromatic rings. The molecule has 0 saturated heterocycles. The minimum absolute atomic E-state index is 0.479. The van der Waals surface area contributed by atoms with Gasteiger partial charge in [-0.05, 0) is 11.6 Å². The van der Waals surface area contributed by atoms with Crippen LogP contribution < -0.4 is 4.74 Å². The molecule has 3 rings (SSSR count). The third kappa shape index (κ3) is 1.95. The minimum Gasteiger partial charge on any atom is -0.492 e. The number of ether oxygens (including phenoxy) is 1. The van der Waals surface area contributed by atoms with Gasteiger partial charge < -0.3 is 4.74 Å². The Kier molecular flexibility index (Phi) is 2.92. The quantitative estimate of drug-likeness (QED) is 0.777. The third-order valence-electron chi connectivity index (χ3n) is 3.05. The summed E-state index contributed by atoms with van der Waals surface area (Å²) in [5, 5.41) is 0.479. The fourth-order valence-electron chi connectivity index (χ4n) is 2.18. The molecule has 3 nitrogen and oxygen atoms in total. The van der Waals surface area contributed by atoms with Crippen LogP contribution in [0.25, 0.3) is 11.3 Å². The van der Waals surface area contributed by atoms with Gasteiger partial charge in [-0.25, -0.2) is 9.97 Å². The Morgan fingerprint density at radius 3 is 3.06 bits per heavy atom. The molecular formula is C14H13ClN2O. The Bertz CT molecular complexity index is 598. The lowest BCUT2D eigenvalue weighted by atomic mass is 10.1. The summed E-state index contributed by atoms with van der Waals surface area (Å²) in [6.07, 6.45) is 1.73. The summed E-state index contributed by atoms with van der Waals surface area (Å²) in [5.74, 6) is 1.70. The highest BCUT2D eigenvalue weighted by molar-refractivity contribution is 6.29. The average molecular weight is 261 g/mol. The number of hydrogen-bond donors (Lipinski definition) is 0. The summed E-state index contributed by atoms with van der Waals surface area (Å²) >= 11 is 6.04. The number of aromatic nitrogens is 2. The van der Waals surface area contributed by atoms with Gasteiger partial charge in [0, 0.05) is 24.5 Å². The molecule has 0 saturated carbocycles. The molecule has 92 valence electrons. The van der Waals surface area contributed by atoms with E-state index in [0.29, 0.717) is 5.15 Å². The molecule has 0 bridgehead atoms. The topological polar surface area (TPSA) is 35.0 Å². The summed E-state index contributed by atoms with van der Waals surface area (Å²) in [5.41, 5.74) is 3.08. The zero-order valence-electron chi connectivity index (χ0n) is 10.1. The van der Waals surface area contributed by atoms with Gasteiger partial charge >= 0.3 is 0 Å². The predicted molar refractivity (Wildman–Crippen MR) is 71.1 cm³/mol. The molecule has 4 heteroatoms. The fraction of sp³-hybridized carbons (Fsp3) is 0.286. The minimum atomic E-state index is 0.479. The SMILES string of the molecule is CCc1nc(Cl)cc(-c2cccc3c2OCC3)n1. The molecule has 0 radical (unpaired) electrons. The Labute approximate surface area is 111 Å². The Morgan fingerprint density at radius 2 is 2.22 bits per heavy atom. The van der Waals surface area contributed by atoms with E-state index in [-0.39, 0.29) is 0 Å². The first-order valence-electron chi connectivity index (χ1n) is 6.06. The molecule has 1 aromatic heterocycles. The summed E-state index contributed by atoms with van der Waals surface area (Å²) < 4.78 is 5.69. The van der Waals surface area contributed by atoms with Crippen LogP contribution in [0.1, 0.15) is 18.3 Å². The maximum Gasteiger partial charge on any atom is 0.133 e. The average Bonchev–Trinajstić information content (AvgIpc) is 2.85. The second-order valence-corrected chi connectivity index (χ2v) is 4.63. The van der Waals surface area contributed by atoms with Crippen molar-refractivity contribution in [3.05, 3.63) is 40.8 Å². The van der Waals surface area contributed by atoms with Crippen molar-refractivity contribution >= 4 is 11.6 Å². The van der Waals surface area contributed by atoms with Crippen LogP contribution in [0.4, 0.5) is 0 Å². The van der Waals surface area contributed by atoms with E-state index in [4.69, 9.17) is 16.3 Å². The highest BCUT2D eigenvalue weighted by Gasteiger charge is 2.18. The van der Waals surface area contributed by atoms with Gasteiger partial charge in [-0.15, -0.1) is 0 Å². The van der Waals surface area contributed by atoms with Crippen molar-refractivity contribution in [3.8, 4) is 17.0 Å². The summed E-state index contributed by atoms with van der Waals surface area (Å²) in [6, 6.07) is 7.93. The van der Waals surface area contributed by atoms with Gasteiger partial charge in [-0.2, -0.15) is 0 Å². The lowest BCUT2D eigenvalue weighted by Crippen LogP contribution is -1.97. The fourth-order valence-corrected chi connectivity index (χ4v) is 2.38. The first kappa shape index (κ1) is 11.5. The monoisotopic (exact) mass is 260 g/mol. The third-order valence-corrected chi connectivity index (χ3v) is 3.24. The number of hydrogen-bond acceptors (Lipinski definition) is 3. The first-order chi connectivity index (χ1) is 8.78. The van der Waals surface area contributed by atoms with Crippen LogP contribution in [0.5, 0.6) is 5.75 Å². The number of aryl methyl sites for hydroxylation is 1. The molecule has 0 spiro atoms. The number of nitrogens with zero attached hydrogens (tertiary/aromatic N) is 2. The standard InChI is InChI=1S/C14H13ClN2O/c1-2-13-16-11(8-12(15)17-13)10-5-3-4-9-6-7-18-14(9)10/h3-5,8H,2,6-7H2,1H3. The van der Waals surface area contributed by atoms with E-state index >= 15 is 0 Å². The van der Waals surface area contributed by atoms with Gasteiger partial charge in [0.15, 0.2) is 0 Å². The molecular weight excluding hydrogens is 248 g/mol. The van der Waals surface area contributed by atoms with E-state index in [2.05, 4.69) is 16.0 Å². The molecule has 1 aliphatic rings. The molecule has 0 amide bonds. The highest BCUT2D eigenvalue weighted by Crippen LogP contribution is 2.36. The van der Waals surface area contributed by atoms with Crippen molar-refractivity contribution in [2.45, 2.75) is 19.8 Å². The number of para-hydroxylation sites is 1. The summed E-state index contributed by atoms with van der Waals surface area (Å²) in [6.45, 7) is 2.76. The largest absolute Gasteiger partial charge is 0.492 e. The lowest BCUT2D eigenvalue weighted by Gasteiger charge is -2.08. The molecule has 0 N–H and O–H groups in total. The number of rotatable bonds is 2. The van der Waals surface area contributed by atoms with Crippen molar-refractivity contribution in [2.75, 3.05) is 6.61 Å². The van der Waals surface area contributed by atoms with Gasteiger partial charge in [-0.1, -0.05) is 30.7 Å². The van der Waals surface area contributed by atoms with Crippen LogP contribution in [-0.4, -0.2) is 16.6 Å². The predicted octanol–water partition coefficient (Wildman–Crippen LogP) is 3.29. The van der Waals surface area contributed by atoms with Crippen LogP contribution >= 0.6 is 11.6 Å². The van der Waals surface area contributed by atoms with E-state index in [9.17, 15) is 0 Å². The number of fused-ring (bicyclic) bond motifs is 1. The van der Waals surface area contributed by atoms with Crippen molar-refractivity contribution in [2.24, 2.45) is 0 Å². The maximum absolute atomic E-state index is 6.04. The van der Waals surface area contributed by atoms with E-state index in [1.807, 2.05) is 19.1 Å². The van der Waals surface area contributed by atoms with Crippen LogP contribution in [0, 0.1) is 0 Å².